The molecule has 0 heterocycles. The van der Waals surface area contributed by atoms with Crippen LogP contribution in [0.4, 0.5) is 0 Å². The number of hydrogen-bond acceptors (Lipinski definition) is 2. The number of thioether (sulfide) groups is 1. The van der Waals surface area contributed by atoms with Gasteiger partial charge in [0.05, 0.1) is 0 Å². The lowest BCUT2D eigenvalue weighted by molar-refractivity contribution is 0.460. The molecule has 0 atom stereocenters. The third-order valence-corrected chi connectivity index (χ3v) is 4.18. The fourth-order valence-electron chi connectivity index (χ4n) is 1.43. The maximum atomic E-state index is 6.15. The maximum absolute atomic E-state index is 6.15. The third kappa shape index (κ3) is 6.92. The van der Waals surface area contributed by atoms with Gasteiger partial charge in [-0.3, -0.25) is 0 Å². The van der Waals surface area contributed by atoms with Gasteiger partial charge in [0.15, 0.2) is 0 Å². The Morgan fingerprint density at radius 1 is 1.22 bits per heavy atom. The first-order valence-electron chi connectivity index (χ1n) is 6.63. The second kappa shape index (κ2) is 7.69. The molecule has 18 heavy (non-hydrogen) atoms. The summed E-state index contributed by atoms with van der Waals surface area (Å²) in [5, 5.41) is 1.08. The summed E-state index contributed by atoms with van der Waals surface area (Å²) in [6.45, 7) is 8.90. The molecule has 0 aliphatic carbocycles. The summed E-state index contributed by atoms with van der Waals surface area (Å²) in [6.07, 6.45) is 5.82. The Hall–Kier alpha value is -0.673. The molecule has 0 amide bonds. The second-order valence-corrected chi connectivity index (χ2v) is 10.8. The van der Waals surface area contributed by atoms with E-state index in [1.165, 1.54) is 17.7 Å². The molecule has 0 bridgehead atoms. The van der Waals surface area contributed by atoms with Crippen LogP contribution in [0.3, 0.4) is 0 Å². The number of hydrogen-bond donors (Lipinski definition) is 0. The van der Waals surface area contributed by atoms with Crippen molar-refractivity contribution < 1.29 is 4.43 Å². The maximum Gasteiger partial charge on any atom is 0.242 e. The Morgan fingerprint density at radius 2 is 1.89 bits per heavy atom. The van der Waals surface area contributed by atoms with Gasteiger partial charge in [-0.05, 0) is 50.7 Å². The molecule has 0 aliphatic heterocycles. The van der Waals surface area contributed by atoms with Crippen molar-refractivity contribution in [3.8, 4) is 0 Å². The van der Waals surface area contributed by atoms with E-state index in [-0.39, 0.29) is 0 Å². The molecule has 1 aromatic carbocycles. The fourth-order valence-corrected chi connectivity index (χ4v) is 3.76. The summed E-state index contributed by atoms with van der Waals surface area (Å²) in [5.74, 6) is 0. The van der Waals surface area contributed by atoms with Gasteiger partial charge in [0.2, 0.25) is 8.32 Å². The van der Waals surface area contributed by atoms with E-state index < -0.39 is 8.32 Å². The van der Waals surface area contributed by atoms with E-state index in [1.807, 2.05) is 6.07 Å². The summed E-state index contributed by atoms with van der Waals surface area (Å²) in [6, 6.07) is 10.4. The first-order valence-corrected chi connectivity index (χ1v) is 10.9. The van der Waals surface area contributed by atoms with Gasteiger partial charge in [0.1, 0.15) is 5.09 Å². The van der Waals surface area contributed by atoms with E-state index >= 15 is 0 Å². The van der Waals surface area contributed by atoms with E-state index in [0.29, 0.717) is 0 Å². The molecule has 1 rings (SSSR count). The van der Waals surface area contributed by atoms with Crippen molar-refractivity contribution >= 4 is 20.1 Å². The zero-order chi connectivity index (χ0) is 13.4. The number of benzene rings is 1. The van der Waals surface area contributed by atoms with Crippen LogP contribution >= 0.6 is 11.8 Å². The molecular weight excluding hydrogens is 256 g/mol. The standard InChI is InChI=1S/C15H24OSSi/c1-5-6-8-13-15(16-18(2,3)4)17-14-11-9-7-10-12-14/h7,9-13H,5-6,8H2,1-4H3. The van der Waals surface area contributed by atoms with Gasteiger partial charge in [-0.15, -0.1) is 0 Å². The lowest BCUT2D eigenvalue weighted by Crippen LogP contribution is -2.24. The van der Waals surface area contributed by atoms with Gasteiger partial charge < -0.3 is 4.43 Å². The van der Waals surface area contributed by atoms with Crippen LogP contribution < -0.4 is 0 Å². The van der Waals surface area contributed by atoms with E-state index in [4.69, 9.17) is 4.43 Å². The molecule has 0 unspecified atom stereocenters. The molecule has 0 radical (unpaired) electrons. The number of allylic oxidation sites excluding steroid dienone is 1. The van der Waals surface area contributed by atoms with Crippen molar-refractivity contribution in [1.29, 1.82) is 0 Å². The van der Waals surface area contributed by atoms with Crippen LogP contribution in [-0.4, -0.2) is 8.32 Å². The summed E-state index contributed by atoms with van der Waals surface area (Å²) in [5.41, 5.74) is 0. The van der Waals surface area contributed by atoms with Crippen LogP contribution in [0, 0.1) is 0 Å². The van der Waals surface area contributed by atoms with Crippen LogP contribution in [-0.2, 0) is 4.43 Å². The van der Waals surface area contributed by atoms with Gasteiger partial charge in [0.25, 0.3) is 0 Å². The van der Waals surface area contributed by atoms with Crippen LogP contribution in [0.1, 0.15) is 26.2 Å². The number of rotatable bonds is 7. The highest BCUT2D eigenvalue weighted by Gasteiger charge is 2.18. The lowest BCUT2D eigenvalue weighted by Gasteiger charge is -2.21. The van der Waals surface area contributed by atoms with E-state index in [1.54, 1.807) is 11.8 Å². The molecule has 100 valence electrons. The van der Waals surface area contributed by atoms with Gasteiger partial charge in [-0.1, -0.05) is 43.3 Å². The SMILES string of the molecule is CCCCC=C(O[Si](C)(C)C)Sc1ccccc1. The second-order valence-electron chi connectivity index (χ2n) is 5.29. The van der Waals surface area contributed by atoms with Crippen molar-refractivity contribution in [1.82, 2.24) is 0 Å². The minimum Gasteiger partial charge on any atom is -0.540 e. The lowest BCUT2D eigenvalue weighted by atomic mass is 10.2. The number of unbranched alkanes of at least 4 members (excludes halogenated alkanes) is 2. The smallest absolute Gasteiger partial charge is 0.242 e. The van der Waals surface area contributed by atoms with Crippen molar-refractivity contribution in [3.05, 3.63) is 41.5 Å². The van der Waals surface area contributed by atoms with E-state index in [9.17, 15) is 0 Å². The Bertz CT molecular complexity index is 368. The zero-order valence-corrected chi connectivity index (χ0v) is 13.7. The molecule has 0 N–H and O–H groups in total. The Labute approximate surface area is 117 Å². The quantitative estimate of drug-likeness (QED) is 0.276. The fraction of sp³-hybridized carbons (Fsp3) is 0.467. The minimum atomic E-state index is -1.52. The Balaban J connectivity index is 2.68. The van der Waals surface area contributed by atoms with E-state index in [2.05, 4.69) is 56.9 Å². The first-order chi connectivity index (χ1) is 8.51. The predicted molar refractivity (Wildman–Crippen MR) is 84.3 cm³/mol. The van der Waals surface area contributed by atoms with Crippen LogP contribution in [0.2, 0.25) is 19.6 Å². The molecule has 0 aromatic heterocycles. The summed E-state index contributed by atoms with van der Waals surface area (Å²) in [4.78, 5) is 1.25. The van der Waals surface area contributed by atoms with Gasteiger partial charge >= 0.3 is 0 Å². The molecule has 1 aromatic rings. The average molecular weight is 281 g/mol. The summed E-state index contributed by atoms with van der Waals surface area (Å²) >= 11 is 1.74. The topological polar surface area (TPSA) is 9.23 Å². The summed E-state index contributed by atoms with van der Waals surface area (Å²) < 4.78 is 6.15. The largest absolute Gasteiger partial charge is 0.540 e. The Morgan fingerprint density at radius 3 is 2.44 bits per heavy atom. The highest BCUT2D eigenvalue weighted by atomic mass is 32.2. The van der Waals surface area contributed by atoms with Crippen molar-refractivity contribution in [2.75, 3.05) is 0 Å². The molecular formula is C15H24OSSi. The van der Waals surface area contributed by atoms with Crippen molar-refractivity contribution in [2.45, 2.75) is 50.7 Å². The molecule has 0 spiro atoms. The average Bonchev–Trinajstić information content (AvgIpc) is 2.28. The van der Waals surface area contributed by atoms with Crippen LogP contribution in [0.15, 0.2) is 46.4 Å². The Kier molecular flexibility index (Phi) is 6.58. The van der Waals surface area contributed by atoms with Gasteiger partial charge in [-0.2, -0.15) is 0 Å². The van der Waals surface area contributed by atoms with Gasteiger partial charge in [0, 0.05) is 4.90 Å². The highest BCUT2D eigenvalue weighted by Crippen LogP contribution is 2.30. The first kappa shape index (κ1) is 15.4. The van der Waals surface area contributed by atoms with Crippen molar-refractivity contribution in [2.24, 2.45) is 0 Å². The molecule has 1 nitrogen and oxygen atoms in total. The normalized spacial score (nSPS) is 12.6. The van der Waals surface area contributed by atoms with Crippen LogP contribution in [0.5, 0.6) is 0 Å². The van der Waals surface area contributed by atoms with Crippen LogP contribution in [0.25, 0.3) is 0 Å². The van der Waals surface area contributed by atoms with Gasteiger partial charge in [-0.25, -0.2) is 0 Å². The zero-order valence-electron chi connectivity index (χ0n) is 11.9. The van der Waals surface area contributed by atoms with Crippen molar-refractivity contribution in [3.63, 3.8) is 0 Å². The molecule has 0 saturated carbocycles. The molecule has 0 fully saturated rings. The predicted octanol–water partition coefficient (Wildman–Crippen LogP) is 5.66. The molecule has 3 heteroatoms. The molecule has 0 saturated heterocycles. The van der Waals surface area contributed by atoms with E-state index in [0.717, 1.165) is 11.5 Å². The molecule has 0 aliphatic rings. The highest BCUT2D eigenvalue weighted by molar-refractivity contribution is 8.03. The summed E-state index contributed by atoms with van der Waals surface area (Å²) in [7, 11) is -1.52. The monoisotopic (exact) mass is 280 g/mol. The third-order valence-electron chi connectivity index (χ3n) is 2.24. The minimum absolute atomic E-state index is 1.08.